The van der Waals surface area contributed by atoms with Crippen LogP contribution in [-0.2, 0) is 11.8 Å². The second-order valence-electron chi connectivity index (χ2n) is 5.03. The molecular formula is C15H14BrN5O3. The van der Waals surface area contributed by atoms with E-state index >= 15 is 0 Å². The molecule has 8 nitrogen and oxygen atoms in total. The maximum Gasteiger partial charge on any atom is 0.258 e. The van der Waals surface area contributed by atoms with Crippen molar-refractivity contribution in [3.05, 3.63) is 35.2 Å². The van der Waals surface area contributed by atoms with Crippen molar-refractivity contribution >= 4 is 32.9 Å². The van der Waals surface area contributed by atoms with Crippen LogP contribution in [0.5, 0.6) is 17.4 Å². The minimum absolute atomic E-state index is 0.388. The summed E-state index contributed by atoms with van der Waals surface area (Å²) < 4.78 is 13.4. The summed E-state index contributed by atoms with van der Waals surface area (Å²) in [6.07, 6.45) is 0.710. The smallest absolute Gasteiger partial charge is 0.258 e. The quantitative estimate of drug-likeness (QED) is 0.714. The highest BCUT2D eigenvalue weighted by Gasteiger charge is 2.15. The average molecular weight is 392 g/mol. The zero-order valence-corrected chi connectivity index (χ0v) is 14.5. The van der Waals surface area contributed by atoms with Crippen LogP contribution in [-0.4, -0.2) is 31.8 Å². The summed E-state index contributed by atoms with van der Waals surface area (Å²) in [6.45, 7) is 1.59. The molecule has 0 radical (unpaired) electrons. The first-order valence-corrected chi connectivity index (χ1v) is 7.82. The first-order chi connectivity index (χ1) is 11.5. The third-order valence-corrected chi connectivity index (χ3v) is 3.85. The summed E-state index contributed by atoms with van der Waals surface area (Å²) in [5.74, 6) is 0.938. The molecule has 24 heavy (non-hydrogen) atoms. The zero-order valence-electron chi connectivity index (χ0n) is 12.9. The number of ether oxygens (including phenoxy) is 2. The number of nitrogens with zero attached hydrogens (tertiary/aromatic N) is 4. The lowest BCUT2D eigenvalue weighted by Crippen LogP contribution is -2.30. The number of aromatic nitrogens is 4. The van der Waals surface area contributed by atoms with Gasteiger partial charge < -0.3 is 15.2 Å². The number of halogens is 1. The van der Waals surface area contributed by atoms with E-state index in [1.165, 1.54) is 6.33 Å². The third kappa shape index (κ3) is 3.16. The lowest BCUT2D eigenvalue weighted by atomic mass is 10.3. The predicted octanol–water partition coefficient (Wildman–Crippen LogP) is 2.17. The lowest BCUT2D eigenvalue weighted by molar-refractivity contribution is -0.123. The summed E-state index contributed by atoms with van der Waals surface area (Å²) in [7, 11) is 1.79. The Labute approximate surface area is 145 Å². The Morgan fingerprint density at radius 2 is 1.92 bits per heavy atom. The minimum atomic E-state index is -0.704. The van der Waals surface area contributed by atoms with Gasteiger partial charge in [-0.15, -0.1) is 0 Å². The van der Waals surface area contributed by atoms with Gasteiger partial charge >= 0.3 is 0 Å². The van der Waals surface area contributed by atoms with Crippen LogP contribution in [0.2, 0.25) is 0 Å². The van der Waals surface area contributed by atoms with Gasteiger partial charge in [-0.05, 0) is 47.1 Å². The fourth-order valence-corrected chi connectivity index (χ4v) is 2.64. The number of carbonyl (C=O) groups is 1. The Balaban J connectivity index is 1.83. The number of hydrogen-bond donors (Lipinski definition) is 1. The number of hydrogen-bond acceptors (Lipinski definition) is 6. The van der Waals surface area contributed by atoms with Crippen LogP contribution in [0.15, 0.2) is 35.2 Å². The second-order valence-corrected chi connectivity index (χ2v) is 5.78. The molecule has 124 valence electrons. The number of nitrogens with two attached hydrogens (primary N) is 1. The first-order valence-electron chi connectivity index (χ1n) is 7.03. The zero-order chi connectivity index (χ0) is 17.3. The second kappa shape index (κ2) is 6.44. The van der Waals surface area contributed by atoms with Gasteiger partial charge in [-0.3, -0.25) is 4.79 Å². The van der Waals surface area contributed by atoms with E-state index < -0.39 is 12.0 Å². The van der Waals surface area contributed by atoms with E-state index in [2.05, 4.69) is 31.0 Å². The van der Waals surface area contributed by atoms with Gasteiger partial charge in [0.1, 0.15) is 27.8 Å². The normalized spacial score (nSPS) is 12.1. The highest BCUT2D eigenvalue weighted by molar-refractivity contribution is 9.10. The van der Waals surface area contributed by atoms with Gasteiger partial charge in [0.2, 0.25) is 5.88 Å². The Morgan fingerprint density at radius 3 is 2.58 bits per heavy atom. The molecule has 0 bridgehead atoms. The van der Waals surface area contributed by atoms with E-state index in [1.807, 2.05) is 0 Å². The molecule has 0 aliphatic heterocycles. The molecule has 3 rings (SSSR count). The van der Waals surface area contributed by atoms with E-state index in [0.717, 1.165) is 0 Å². The number of rotatable bonds is 5. The van der Waals surface area contributed by atoms with Gasteiger partial charge in [0.05, 0.1) is 0 Å². The molecular weight excluding hydrogens is 378 g/mol. The maximum absolute atomic E-state index is 11.0. The van der Waals surface area contributed by atoms with E-state index in [4.69, 9.17) is 15.2 Å². The summed E-state index contributed by atoms with van der Waals surface area (Å²) in [5.41, 5.74) is 5.82. The molecule has 1 aromatic carbocycles. The minimum Gasteiger partial charge on any atom is -0.481 e. The van der Waals surface area contributed by atoms with Crippen molar-refractivity contribution in [2.45, 2.75) is 13.0 Å². The predicted molar refractivity (Wildman–Crippen MR) is 89.8 cm³/mol. The van der Waals surface area contributed by atoms with Crippen LogP contribution in [0.1, 0.15) is 6.92 Å². The summed E-state index contributed by atoms with van der Waals surface area (Å²) in [4.78, 5) is 19.4. The molecule has 1 unspecified atom stereocenters. The van der Waals surface area contributed by atoms with E-state index in [0.29, 0.717) is 33.0 Å². The first kappa shape index (κ1) is 16.2. The fraction of sp³-hybridized carbons (Fsp3) is 0.200. The van der Waals surface area contributed by atoms with Gasteiger partial charge in [-0.1, -0.05) is 0 Å². The van der Waals surface area contributed by atoms with Crippen LogP contribution in [0.3, 0.4) is 0 Å². The molecule has 2 heterocycles. The molecule has 0 spiro atoms. The van der Waals surface area contributed by atoms with Gasteiger partial charge in [-0.2, -0.15) is 5.10 Å². The number of primary amides is 1. The third-order valence-electron chi connectivity index (χ3n) is 3.29. The van der Waals surface area contributed by atoms with Crippen LogP contribution < -0.4 is 15.2 Å². The van der Waals surface area contributed by atoms with Crippen molar-refractivity contribution in [1.82, 2.24) is 19.7 Å². The van der Waals surface area contributed by atoms with Crippen molar-refractivity contribution in [3.8, 4) is 17.4 Å². The maximum atomic E-state index is 11.0. The molecule has 9 heteroatoms. The van der Waals surface area contributed by atoms with E-state index in [1.54, 1.807) is 42.9 Å². The molecule has 2 N–H and O–H groups in total. The number of aryl methyl sites for hydroxylation is 1. The van der Waals surface area contributed by atoms with Crippen molar-refractivity contribution in [3.63, 3.8) is 0 Å². The molecule has 1 atom stereocenters. The molecule has 0 aliphatic rings. The summed E-state index contributed by atoms with van der Waals surface area (Å²) in [5, 5.41) is 4.93. The standard InChI is InChI=1S/C15H14BrN5O3/c1-8(13(17)22)23-9-3-5-10(6-4-9)24-15-11-12(16)20-21(2)14(11)18-7-19-15/h3-8H,1-2H3,(H2,17,22). The van der Waals surface area contributed by atoms with Gasteiger partial charge in [0, 0.05) is 7.05 Å². The Hall–Kier alpha value is -2.68. The van der Waals surface area contributed by atoms with Gasteiger partial charge in [0.25, 0.3) is 5.91 Å². The number of amides is 1. The monoisotopic (exact) mass is 391 g/mol. The van der Waals surface area contributed by atoms with E-state index in [9.17, 15) is 4.79 Å². The van der Waals surface area contributed by atoms with E-state index in [-0.39, 0.29) is 0 Å². The summed E-state index contributed by atoms with van der Waals surface area (Å²) >= 11 is 3.38. The number of benzene rings is 1. The highest BCUT2D eigenvalue weighted by Crippen LogP contribution is 2.32. The fourth-order valence-electron chi connectivity index (χ4n) is 2.05. The molecule has 0 aliphatic carbocycles. The number of fused-ring (bicyclic) bond motifs is 1. The molecule has 0 saturated heterocycles. The Kier molecular flexibility index (Phi) is 4.34. The van der Waals surface area contributed by atoms with Crippen molar-refractivity contribution in [2.24, 2.45) is 12.8 Å². The van der Waals surface area contributed by atoms with Crippen LogP contribution in [0.25, 0.3) is 11.0 Å². The topological polar surface area (TPSA) is 105 Å². The van der Waals surface area contributed by atoms with Gasteiger partial charge in [-0.25, -0.2) is 14.6 Å². The average Bonchev–Trinajstić information content (AvgIpc) is 2.85. The van der Waals surface area contributed by atoms with Gasteiger partial charge in [0.15, 0.2) is 11.8 Å². The Bertz CT molecular complexity index is 894. The Morgan fingerprint density at radius 1 is 1.25 bits per heavy atom. The number of carbonyl (C=O) groups excluding carboxylic acids is 1. The summed E-state index contributed by atoms with van der Waals surface area (Å²) in [6, 6.07) is 6.79. The lowest BCUT2D eigenvalue weighted by Gasteiger charge is -2.11. The van der Waals surface area contributed by atoms with Crippen LogP contribution in [0, 0.1) is 0 Å². The molecule has 3 aromatic rings. The van der Waals surface area contributed by atoms with Crippen molar-refractivity contribution in [2.75, 3.05) is 0 Å². The van der Waals surface area contributed by atoms with Crippen LogP contribution >= 0.6 is 15.9 Å². The molecule has 0 saturated carbocycles. The van der Waals surface area contributed by atoms with Crippen molar-refractivity contribution < 1.29 is 14.3 Å². The molecule has 0 fully saturated rings. The highest BCUT2D eigenvalue weighted by atomic mass is 79.9. The largest absolute Gasteiger partial charge is 0.481 e. The molecule has 2 aromatic heterocycles. The van der Waals surface area contributed by atoms with Crippen LogP contribution in [0.4, 0.5) is 0 Å². The SMILES string of the molecule is CC(Oc1ccc(Oc2ncnc3c2c(Br)nn3C)cc1)C(N)=O. The van der Waals surface area contributed by atoms with Crippen molar-refractivity contribution in [1.29, 1.82) is 0 Å². The molecule has 1 amide bonds.